The van der Waals surface area contributed by atoms with E-state index in [1.165, 1.54) is 47.8 Å². The predicted octanol–water partition coefficient (Wildman–Crippen LogP) is 2.28. The number of nitrogens with one attached hydrogen (secondary N) is 1. The number of ether oxygens (including phenoxy) is 1. The largest absolute Gasteiger partial charge is 0.368 e. The fourth-order valence-corrected chi connectivity index (χ4v) is 5.12. The van der Waals surface area contributed by atoms with Gasteiger partial charge < -0.3 is 10.1 Å². The number of rotatable bonds is 2. The molecule has 1 aliphatic carbocycles. The Kier molecular flexibility index (Phi) is 3.54. The first-order valence-electron chi connectivity index (χ1n) is 7.87. The molecule has 2 fully saturated rings. The van der Waals surface area contributed by atoms with E-state index >= 15 is 0 Å². The number of aryl methyl sites for hydroxylation is 1. The fourth-order valence-electron chi connectivity index (χ4n) is 3.82. The zero-order valence-electron chi connectivity index (χ0n) is 12.1. The average Bonchev–Trinajstić information content (AvgIpc) is 3.11. The van der Waals surface area contributed by atoms with Gasteiger partial charge in [0.05, 0.1) is 12.3 Å². The molecule has 3 aliphatic rings. The topological polar surface area (TPSA) is 37.4 Å². The minimum atomic E-state index is 0.206. The van der Waals surface area contributed by atoms with Crippen molar-refractivity contribution in [3.05, 3.63) is 15.6 Å². The molecule has 2 aliphatic heterocycles. The number of hydrogen-bond donors (Lipinski definition) is 1. The second-order valence-corrected chi connectivity index (χ2v) is 7.27. The number of nitrogens with zero attached hydrogens (tertiary/aromatic N) is 2. The SMILES string of the molecule is CNC1CCCc2nc(C3CN4CCCC4CO3)sc21. The Labute approximate surface area is 124 Å². The van der Waals surface area contributed by atoms with Crippen LogP contribution in [0.3, 0.4) is 0 Å². The van der Waals surface area contributed by atoms with Crippen molar-refractivity contribution in [2.24, 2.45) is 0 Å². The van der Waals surface area contributed by atoms with Crippen LogP contribution >= 0.6 is 11.3 Å². The highest BCUT2D eigenvalue weighted by molar-refractivity contribution is 7.11. The fraction of sp³-hybridized carbons (Fsp3) is 0.800. The van der Waals surface area contributed by atoms with Crippen LogP contribution in [-0.2, 0) is 11.2 Å². The van der Waals surface area contributed by atoms with Gasteiger partial charge in [0.1, 0.15) is 11.1 Å². The van der Waals surface area contributed by atoms with E-state index in [4.69, 9.17) is 9.72 Å². The molecule has 0 saturated carbocycles. The van der Waals surface area contributed by atoms with Crippen LogP contribution in [0.1, 0.15) is 53.4 Å². The third-order valence-electron chi connectivity index (χ3n) is 4.98. The van der Waals surface area contributed by atoms with Gasteiger partial charge in [-0.2, -0.15) is 0 Å². The first-order valence-corrected chi connectivity index (χ1v) is 8.69. The highest BCUT2D eigenvalue weighted by Crippen LogP contribution is 2.38. The normalized spacial score (nSPS) is 34.0. The van der Waals surface area contributed by atoms with E-state index in [0.717, 1.165) is 19.6 Å². The molecule has 3 atom stereocenters. The smallest absolute Gasteiger partial charge is 0.123 e. The molecule has 4 nitrogen and oxygen atoms in total. The second-order valence-electron chi connectivity index (χ2n) is 6.21. The number of thiazole rings is 1. The van der Waals surface area contributed by atoms with Gasteiger partial charge in [0.2, 0.25) is 0 Å². The molecule has 3 heterocycles. The molecule has 2 saturated heterocycles. The van der Waals surface area contributed by atoms with E-state index in [1.807, 2.05) is 11.3 Å². The van der Waals surface area contributed by atoms with Gasteiger partial charge in [0.15, 0.2) is 0 Å². The van der Waals surface area contributed by atoms with Crippen LogP contribution in [0.15, 0.2) is 0 Å². The summed E-state index contributed by atoms with van der Waals surface area (Å²) < 4.78 is 6.11. The molecule has 20 heavy (non-hydrogen) atoms. The monoisotopic (exact) mass is 293 g/mol. The van der Waals surface area contributed by atoms with Crippen LogP contribution in [0.4, 0.5) is 0 Å². The number of hydrogen-bond acceptors (Lipinski definition) is 5. The molecule has 1 N–H and O–H groups in total. The Hall–Kier alpha value is -0.490. The van der Waals surface area contributed by atoms with Gasteiger partial charge in [-0.3, -0.25) is 4.90 Å². The number of aromatic nitrogens is 1. The third-order valence-corrected chi connectivity index (χ3v) is 6.28. The van der Waals surface area contributed by atoms with E-state index in [-0.39, 0.29) is 6.10 Å². The molecular formula is C15H23N3OS. The van der Waals surface area contributed by atoms with Crippen molar-refractivity contribution in [1.29, 1.82) is 0 Å². The zero-order valence-corrected chi connectivity index (χ0v) is 12.9. The number of fused-ring (bicyclic) bond motifs is 2. The van der Waals surface area contributed by atoms with Gasteiger partial charge in [-0.15, -0.1) is 11.3 Å². The summed E-state index contributed by atoms with van der Waals surface area (Å²) in [5.74, 6) is 0. The van der Waals surface area contributed by atoms with Crippen LogP contribution in [0.25, 0.3) is 0 Å². The van der Waals surface area contributed by atoms with Gasteiger partial charge in [-0.05, 0) is 45.7 Å². The highest BCUT2D eigenvalue weighted by Gasteiger charge is 2.35. The standard InChI is InChI=1S/C15H23N3OS/c1-16-11-5-2-6-12-14(11)20-15(17-12)13-8-18-7-3-4-10(18)9-19-13/h10-11,13,16H,2-9H2,1H3. The van der Waals surface area contributed by atoms with Crippen molar-refractivity contribution in [1.82, 2.24) is 15.2 Å². The summed E-state index contributed by atoms with van der Waals surface area (Å²) in [6.07, 6.45) is 6.48. The Morgan fingerprint density at radius 3 is 3.20 bits per heavy atom. The summed E-state index contributed by atoms with van der Waals surface area (Å²) in [6, 6.07) is 1.18. The first kappa shape index (κ1) is 13.2. The Morgan fingerprint density at radius 2 is 2.30 bits per heavy atom. The average molecular weight is 293 g/mol. The second kappa shape index (κ2) is 5.37. The van der Waals surface area contributed by atoms with Gasteiger partial charge >= 0.3 is 0 Å². The van der Waals surface area contributed by atoms with Crippen LogP contribution in [0.5, 0.6) is 0 Å². The maximum absolute atomic E-state index is 6.11. The van der Waals surface area contributed by atoms with Gasteiger partial charge in [-0.1, -0.05) is 0 Å². The Bertz CT molecular complexity index is 489. The summed E-state index contributed by atoms with van der Waals surface area (Å²) in [6.45, 7) is 3.18. The number of morpholine rings is 1. The minimum absolute atomic E-state index is 0.206. The molecule has 3 unspecified atom stereocenters. The van der Waals surface area contributed by atoms with Gasteiger partial charge in [-0.25, -0.2) is 4.98 Å². The summed E-state index contributed by atoms with van der Waals surface area (Å²) in [5, 5.41) is 4.64. The van der Waals surface area contributed by atoms with E-state index in [9.17, 15) is 0 Å². The molecule has 0 amide bonds. The van der Waals surface area contributed by atoms with Crippen molar-refractivity contribution in [2.45, 2.75) is 50.3 Å². The quantitative estimate of drug-likeness (QED) is 0.908. The highest BCUT2D eigenvalue weighted by atomic mass is 32.1. The molecule has 1 aromatic heterocycles. The first-order chi connectivity index (χ1) is 9.85. The van der Waals surface area contributed by atoms with E-state index in [0.29, 0.717) is 12.1 Å². The maximum atomic E-state index is 6.11. The molecule has 110 valence electrons. The summed E-state index contributed by atoms with van der Waals surface area (Å²) >= 11 is 1.88. The van der Waals surface area contributed by atoms with Crippen molar-refractivity contribution in [3.8, 4) is 0 Å². The third kappa shape index (κ3) is 2.21. The molecule has 0 bridgehead atoms. The summed E-state index contributed by atoms with van der Waals surface area (Å²) in [4.78, 5) is 8.97. The molecule has 0 radical (unpaired) electrons. The molecule has 5 heteroatoms. The van der Waals surface area contributed by atoms with Gasteiger partial charge in [0.25, 0.3) is 0 Å². The van der Waals surface area contributed by atoms with Crippen molar-refractivity contribution in [3.63, 3.8) is 0 Å². The molecule has 4 rings (SSSR count). The zero-order chi connectivity index (χ0) is 13.5. The molecule has 1 aromatic rings. The predicted molar refractivity (Wildman–Crippen MR) is 80.1 cm³/mol. The van der Waals surface area contributed by atoms with Crippen LogP contribution in [-0.4, -0.2) is 42.7 Å². The molecule has 0 spiro atoms. The Morgan fingerprint density at radius 1 is 1.35 bits per heavy atom. The van der Waals surface area contributed by atoms with Crippen LogP contribution < -0.4 is 5.32 Å². The minimum Gasteiger partial charge on any atom is -0.368 e. The van der Waals surface area contributed by atoms with E-state index in [2.05, 4.69) is 17.3 Å². The van der Waals surface area contributed by atoms with Crippen LogP contribution in [0.2, 0.25) is 0 Å². The van der Waals surface area contributed by atoms with Crippen molar-refractivity contribution >= 4 is 11.3 Å². The Balaban J connectivity index is 1.55. The van der Waals surface area contributed by atoms with Crippen molar-refractivity contribution < 1.29 is 4.74 Å². The summed E-state index contributed by atoms with van der Waals surface area (Å²) in [5.41, 5.74) is 1.32. The molecular weight excluding hydrogens is 270 g/mol. The lowest BCUT2D eigenvalue weighted by molar-refractivity contribution is -0.0502. The lowest BCUT2D eigenvalue weighted by atomic mass is 9.98. The van der Waals surface area contributed by atoms with E-state index in [1.54, 1.807) is 0 Å². The summed E-state index contributed by atoms with van der Waals surface area (Å²) in [7, 11) is 2.06. The van der Waals surface area contributed by atoms with Gasteiger partial charge in [0, 0.05) is 23.5 Å². The molecule has 0 aromatic carbocycles. The van der Waals surface area contributed by atoms with Crippen molar-refractivity contribution in [2.75, 3.05) is 26.7 Å². The van der Waals surface area contributed by atoms with E-state index < -0.39 is 0 Å². The van der Waals surface area contributed by atoms with Crippen LogP contribution in [0, 0.1) is 0 Å². The lowest BCUT2D eigenvalue weighted by Gasteiger charge is -2.34. The maximum Gasteiger partial charge on any atom is 0.123 e. The lowest BCUT2D eigenvalue weighted by Crippen LogP contribution is -2.42.